The van der Waals surface area contributed by atoms with Gasteiger partial charge >= 0.3 is 0 Å². The van der Waals surface area contributed by atoms with Crippen molar-refractivity contribution in [1.82, 2.24) is 14.9 Å². The lowest BCUT2D eigenvalue weighted by atomic mass is 10.1. The van der Waals surface area contributed by atoms with E-state index in [0.717, 1.165) is 22.4 Å². The van der Waals surface area contributed by atoms with E-state index in [-0.39, 0.29) is 24.1 Å². The lowest BCUT2D eigenvalue weighted by Gasteiger charge is -2.17. The summed E-state index contributed by atoms with van der Waals surface area (Å²) in [6.07, 6.45) is 2.12. The minimum absolute atomic E-state index is 0.0758. The summed E-state index contributed by atoms with van der Waals surface area (Å²) in [5, 5.41) is 11.3. The number of hydrogen-bond acceptors (Lipinski definition) is 7. The van der Waals surface area contributed by atoms with Gasteiger partial charge in [-0.3, -0.25) is 19.8 Å². The Morgan fingerprint density at radius 1 is 1.06 bits per heavy atom. The second kappa shape index (κ2) is 8.66. The number of benzene rings is 3. The molecule has 178 valence electrons. The van der Waals surface area contributed by atoms with E-state index in [0.29, 0.717) is 35.9 Å². The number of aliphatic imine (C=N–C) groups is 1. The molecule has 36 heavy (non-hydrogen) atoms. The standard InChI is InChI=1S/C26H19N5O5/c32-26-21(12-16-8-9-22-23(13-16)36-15-35-22)29-25(17-4-3-5-18(14-17)31(33)34)30(26)11-10-24-27-19-6-1-2-7-20(19)28-24/h1-9,12-14H,10-11,15H2,(H,27,28)/b21-12-. The number of fused-ring (bicyclic) bond motifs is 2. The van der Waals surface area contributed by atoms with E-state index in [1.807, 2.05) is 30.3 Å². The van der Waals surface area contributed by atoms with Gasteiger partial charge in [0.05, 0.1) is 16.0 Å². The molecule has 4 aromatic rings. The van der Waals surface area contributed by atoms with Crippen LogP contribution in [0.25, 0.3) is 17.1 Å². The van der Waals surface area contributed by atoms with Crippen molar-refractivity contribution in [3.63, 3.8) is 0 Å². The molecule has 6 rings (SSSR count). The number of aromatic amines is 1. The van der Waals surface area contributed by atoms with Gasteiger partial charge in [-0.25, -0.2) is 9.98 Å². The van der Waals surface area contributed by atoms with Gasteiger partial charge < -0.3 is 14.5 Å². The monoisotopic (exact) mass is 481 g/mol. The van der Waals surface area contributed by atoms with E-state index in [1.54, 1.807) is 30.3 Å². The van der Waals surface area contributed by atoms with Gasteiger partial charge in [-0.1, -0.05) is 30.3 Å². The Morgan fingerprint density at radius 3 is 2.78 bits per heavy atom. The second-order valence-electron chi connectivity index (χ2n) is 8.29. The highest BCUT2D eigenvalue weighted by Gasteiger charge is 2.32. The Balaban J connectivity index is 1.34. The van der Waals surface area contributed by atoms with Crippen molar-refractivity contribution in [3.8, 4) is 11.5 Å². The highest BCUT2D eigenvalue weighted by atomic mass is 16.7. The molecule has 10 nitrogen and oxygen atoms in total. The number of carbonyl (C=O) groups excluding carboxylic acids is 1. The molecule has 1 N–H and O–H groups in total. The molecular weight excluding hydrogens is 462 g/mol. The van der Waals surface area contributed by atoms with Crippen LogP contribution in [0.5, 0.6) is 11.5 Å². The number of nitrogens with zero attached hydrogens (tertiary/aromatic N) is 4. The molecule has 10 heteroatoms. The number of nitro groups is 1. The van der Waals surface area contributed by atoms with Gasteiger partial charge in [0, 0.05) is 30.7 Å². The number of H-pyrrole nitrogens is 1. The van der Waals surface area contributed by atoms with Crippen molar-refractivity contribution in [2.45, 2.75) is 6.42 Å². The van der Waals surface area contributed by atoms with Gasteiger partial charge in [0.2, 0.25) is 6.79 Å². The predicted octanol–water partition coefficient (Wildman–Crippen LogP) is 4.07. The van der Waals surface area contributed by atoms with E-state index in [9.17, 15) is 14.9 Å². The third-order valence-corrected chi connectivity index (χ3v) is 5.97. The maximum atomic E-state index is 13.5. The fourth-order valence-electron chi connectivity index (χ4n) is 4.24. The Morgan fingerprint density at radius 2 is 1.92 bits per heavy atom. The summed E-state index contributed by atoms with van der Waals surface area (Å²) >= 11 is 0. The molecule has 0 aliphatic carbocycles. The summed E-state index contributed by atoms with van der Waals surface area (Å²) in [5.74, 6) is 2.02. The zero-order chi connectivity index (χ0) is 24.6. The van der Waals surface area contributed by atoms with Crippen molar-refractivity contribution in [1.29, 1.82) is 0 Å². The van der Waals surface area contributed by atoms with Crippen molar-refractivity contribution in [2.75, 3.05) is 13.3 Å². The van der Waals surface area contributed by atoms with Crippen LogP contribution in [-0.2, 0) is 11.2 Å². The van der Waals surface area contributed by atoms with E-state index < -0.39 is 4.92 Å². The first-order valence-corrected chi connectivity index (χ1v) is 11.3. The summed E-state index contributed by atoms with van der Waals surface area (Å²) in [5.41, 5.74) is 3.11. The van der Waals surface area contributed by atoms with Gasteiger partial charge in [0.25, 0.3) is 11.6 Å². The zero-order valence-electron chi connectivity index (χ0n) is 18.9. The van der Waals surface area contributed by atoms with Crippen molar-refractivity contribution in [2.24, 2.45) is 4.99 Å². The predicted molar refractivity (Wildman–Crippen MR) is 132 cm³/mol. The van der Waals surface area contributed by atoms with Gasteiger partial charge in [0.1, 0.15) is 17.4 Å². The van der Waals surface area contributed by atoms with Crippen LogP contribution in [0.15, 0.2) is 77.4 Å². The lowest BCUT2D eigenvalue weighted by molar-refractivity contribution is -0.384. The highest BCUT2D eigenvalue weighted by Crippen LogP contribution is 2.34. The van der Waals surface area contributed by atoms with Gasteiger partial charge in [-0.2, -0.15) is 0 Å². The summed E-state index contributed by atoms with van der Waals surface area (Å²) in [7, 11) is 0. The van der Waals surface area contributed by atoms with Crippen LogP contribution in [0.2, 0.25) is 0 Å². The lowest BCUT2D eigenvalue weighted by Crippen LogP contribution is -2.34. The number of amides is 1. The van der Waals surface area contributed by atoms with Gasteiger partial charge in [-0.15, -0.1) is 0 Å². The molecule has 0 fully saturated rings. The number of nitrogens with one attached hydrogen (secondary N) is 1. The van der Waals surface area contributed by atoms with Crippen LogP contribution in [0.1, 0.15) is 17.0 Å². The minimum atomic E-state index is -0.469. The van der Waals surface area contributed by atoms with Gasteiger partial charge in [-0.05, 0) is 35.9 Å². The normalized spacial score (nSPS) is 15.7. The third kappa shape index (κ3) is 3.94. The van der Waals surface area contributed by atoms with Crippen LogP contribution in [-0.4, -0.2) is 44.9 Å². The first kappa shape index (κ1) is 21.5. The molecule has 0 atom stereocenters. The fourth-order valence-corrected chi connectivity index (χ4v) is 4.24. The summed E-state index contributed by atoms with van der Waals surface area (Å²) < 4.78 is 10.8. The van der Waals surface area contributed by atoms with E-state index in [4.69, 9.17) is 9.47 Å². The Labute approximate surface area is 204 Å². The Bertz CT molecular complexity index is 1560. The molecular formula is C26H19N5O5. The molecule has 0 saturated heterocycles. The number of carbonyl (C=O) groups is 1. The van der Waals surface area contributed by atoms with Crippen LogP contribution < -0.4 is 9.47 Å². The third-order valence-electron chi connectivity index (χ3n) is 5.97. The van der Waals surface area contributed by atoms with E-state index in [2.05, 4.69) is 15.0 Å². The second-order valence-corrected chi connectivity index (χ2v) is 8.29. The number of amidine groups is 1. The van der Waals surface area contributed by atoms with Crippen molar-refractivity contribution >= 4 is 34.5 Å². The summed E-state index contributed by atoms with van der Waals surface area (Å²) in [4.78, 5) is 38.3. The first-order chi connectivity index (χ1) is 17.5. The average molecular weight is 481 g/mol. The van der Waals surface area contributed by atoms with E-state index in [1.165, 1.54) is 17.0 Å². The number of para-hydroxylation sites is 2. The zero-order valence-corrected chi connectivity index (χ0v) is 18.9. The molecule has 2 aliphatic heterocycles. The maximum absolute atomic E-state index is 13.5. The van der Waals surface area contributed by atoms with Crippen molar-refractivity contribution < 1.29 is 19.2 Å². The quantitative estimate of drug-likeness (QED) is 0.252. The largest absolute Gasteiger partial charge is 0.454 e. The summed E-state index contributed by atoms with van der Waals surface area (Å²) in [6.45, 7) is 0.442. The highest BCUT2D eigenvalue weighted by molar-refractivity contribution is 6.19. The molecule has 1 aromatic heterocycles. The minimum Gasteiger partial charge on any atom is -0.454 e. The average Bonchev–Trinajstić information content (AvgIpc) is 3.60. The molecule has 0 radical (unpaired) electrons. The van der Waals surface area contributed by atoms with Crippen LogP contribution >= 0.6 is 0 Å². The molecule has 0 saturated carbocycles. The maximum Gasteiger partial charge on any atom is 0.278 e. The fraction of sp³-hybridized carbons (Fsp3) is 0.115. The van der Waals surface area contributed by atoms with Crippen LogP contribution in [0.4, 0.5) is 5.69 Å². The number of nitro benzene ring substituents is 1. The van der Waals surface area contributed by atoms with Crippen LogP contribution in [0.3, 0.4) is 0 Å². The number of imidazole rings is 1. The molecule has 3 heterocycles. The van der Waals surface area contributed by atoms with Crippen LogP contribution in [0, 0.1) is 10.1 Å². The smallest absolute Gasteiger partial charge is 0.278 e. The molecule has 0 unspecified atom stereocenters. The molecule has 3 aromatic carbocycles. The number of non-ortho nitro benzene ring substituents is 1. The molecule has 0 bridgehead atoms. The molecule has 2 aliphatic rings. The first-order valence-electron chi connectivity index (χ1n) is 11.3. The SMILES string of the molecule is O=C1/C(=C/c2ccc3c(c2)OCO3)N=C(c2cccc([N+](=O)[O-])c2)N1CCc1nc2ccccc2[nH]1. The number of hydrogen-bond donors (Lipinski definition) is 1. The molecule has 1 amide bonds. The molecule has 0 spiro atoms. The Kier molecular flexibility index (Phi) is 5.18. The Hall–Kier alpha value is -4.99. The number of rotatable bonds is 6. The van der Waals surface area contributed by atoms with Gasteiger partial charge in [0.15, 0.2) is 11.5 Å². The van der Waals surface area contributed by atoms with E-state index >= 15 is 0 Å². The topological polar surface area (TPSA) is 123 Å². The number of ether oxygens (including phenoxy) is 2. The van der Waals surface area contributed by atoms with Crippen molar-refractivity contribution in [3.05, 3.63) is 99.5 Å². The number of aromatic nitrogens is 2. The summed E-state index contributed by atoms with van der Waals surface area (Å²) in [6, 6.07) is 19.2.